The largest absolute Gasteiger partial charge is 0.354 e. The molecule has 0 aliphatic rings. The summed E-state index contributed by atoms with van der Waals surface area (Å²) in [5.41, 5.74) is 1.82. The standard InChI is InChI=1S/C20H27N5O2/c1-20(2,3)16-7-5-15(6-8-16)18(27)22-12-9-17(26)21-13-14-25-19-23-10-4-11-24-19/h4-8,10-11H,9,12-14H2,1-3H3,(H,21,26)(H,22,27)(H,23,24,25). The first-order chi connectivity index (χ1) is 12.9. The van der Waals surface area contributed by atoms with E-state index >= 15 is 0 Å². The number of carbonyl (C=O) groups is 2. The maximum atomic E-state index is 12.1. The Kier molecular flexibility index (Phi) is 7.28. The van der Waals surface area contributed by atoms with Crippen molar-refractivity contribution in [1.29, 1.82) is 0 Å². The van der Waals surface area contributed by atoms with Crippen molar-refractivity contribution in [2.75, 3.05) is 25.0 Å². The van der Waals surface area contributed by atoms with E-state index in [0.717, 1.165) is 0 Å². The van der Waals surface area contributed by atoms with Crippen LogP contribution in [0.15, 0.2) is 42.7 Å². The minimum absolute atomic E-state index is 0.0502. The van der Waals surface area contributed by atoms with E-state index in [-0.39, 0.29) is 23.7 Å². The third-order valence-corrected chi connectivity index (χ3v) is 3.95. The lowest BCUT2D eigenvalue weighted by Crippen LogP contribution is -2.33. The summed E-state index contributed by atoms with van der Waals surface area (Å²) in [6, 6.07) is 9.29. The number of rotatable bonds is 8. The van der Waals surface area contributed by atoms with Crippen LogP contribution in [0.2, 0.25) is 0 Å². The van der Waals surface area contributed by atoms with Gasteiger partial charge in [0.05, 0.1) is 0 Å². The van der Waals surface area contributed by atoms with Gasteiger partial charge in [-0.1, -0.05) is 32.9 Å². The van der Waals surface area contributed by atoms with Crippen LogP contribution in [0, 0.1) is 0 Å². The monoisotopic (exact) mass is 369 g/mol. The normalized spacial score (nSPS) is 10.9. The molecular weight excluding hydrogens is 342 g/mol. The Bertz CT molecular complexity index is 739. The van der Waals surface area contributed by atoms with Gasteiger partial charge >= 0.3 is 0 Å². The van der Waals surface area contributed by atoms with Gasteiger partial charge < -0.3 is 16.0 Å². The molecule has 144 valence electrons. The summed E-state index contributed by atoms with van der Waals surface area (Å²) in [5.74, 6) is 0.233. The van der Waals surface area contributed by atoms with Crippen molar-refractivity contribution in [3.8, 4) is 0 Å². The van der Waals surface area contributed by atoms with Crippen LogP contribution in [0.25, 0.3) is 0 Å². The zero-order valence-corrected chi connectivity index (χ0v) is 16.1. The second-order valence-corrected chi connectivity index (χ2v) is 7.18. The zero-order chi connectivity index (χ0) is 19.7. The third-order valence-electron chi connectivity index (χ3n) is 3.95. The Balaban J connectivity index is 1.63. The van der Waals surface area contributed by atoms with Crippen LogP contribution in [0.1, 0.15) is 43.1 Å². The van der Waals surface area contributed by atoms with Crippen LogP contribution in [-0.4, -0.2) is 41.4 Å². The molecule has 27 heavy (non-hydrogen) atoms. The van der Waals surface area contributed by atoms with Crippen molar-refractivity contribution >= 4 is 17.8 Å². The van der Waals surface area contributed by atoms with Crippen LogP contribution >= 0.6 is 0 Å². The first-order valence-corrected chi connectivity index (χ1v) is 9.02. The summed E-state index contributed by atoms with van der Waals surface area (Å²) >= 11 is 0. The molecule has 3 N–H and O–H groups in total. The van der Waals surface area contributed by atoms with Gasteiger partial charge in [0.1, 0.15) is 0 Å². The molecular formula is C20H27N5O2. The molecule has 0 saturated carbocycles. The SMILES string of the molecule is CC(C)(C)c1ccc(C(=O)NCCC(=O)NCCNc2ncccn2)cc1. The number of nitrogens with zero attached hydrogens (tertiary/aromatic N) is 2. The Hall–Kier alpha value is -2.96. The molecule has 2 rings (SSSR count). The van der Waals surface area contributed by atoms with E-state index in [0.29, 0.717) is 31.1 Å². The Morgan fingerprint density at radius 3 is 2.22 bits per heavy atom. The van der Waals surface area contributed by atoms with E-state index in [1.165, 1.54) is 5.56 Å². The quantitative estimate of drug-likeness (QED) is 0.620. The summed E-state index contributed by atoms with van der Waals surface area (Å²) in [5, 5.41) is 8.56. The van der Waals surface area contributed by atoms with Crippen molar-refractivity contribution < 1.29 is 9.59 Å². The van der Waals surface area contributed by atoms with E-state index in [2.05, 4.69) is 46.7 Å². The minimum atomic E-state index is -0.175. The second-order valence-electron chi connectivity index (χ2n) is 7.18. The Morgan fingerprint density at radius 1 is 0.926 bits per heavy atom. The average Bonchev–Trinajstić information content (AvgIpc) is 2.65. The predicted octanol–water partition coefficient (Wildman–Crippen LogP) is 2.12. The van der Waals surface area contributed by atoms with Crippen LogP contribution < -0.4 is 16.0 Å². The van der Waals surface area contributed by atoms with E-state index < -0.39 is 0 Å². The molecule has 1 heterocycles. The van der Waals surface area contributed by atoms with Gasteiger partial charge in [0.15, 0.2) is 0 Å². The van der Waals surface area contributed by atoms with Crippen LogP contribution in [0.5, 0.6) is 0 Å². The molecule has 0 bridgehead atoms. The molecule has 0 aliphatic carbocycles. The van der Waals surface area contributed by atoms with Gasteiger partial charge in [-0.15, -0.1) is 0 Å². The number of carbonyl (C=O) groups excluding carboxylic acids is 2. The first kappa shape index (κ1) is 20.4. The summed E-state index contributed by atoms with van der Waals surface area (Å²) in [4.78, 5) is 32.0. The predicted molar refractivity (Wildman–Crippen MR) is 106 cm³/mol. The fourth-order valence-corrected chi connectivity index (χ4v) is 2.37. The third kappa shape index (κ3) is 7.05. The molecule has 0 fully saturated rings. The van der Waals surface area contributed by atoms with Crippen molar-refractivity contribution in [2.45, 2.75) is 32.6 Å². The lowest BCUT2D eigenvalue weighted by Gasteiger charge is -2.19. The maximum Gasteiger partial charge on any atom is 0.251 e. The summed E-state index contributed by atoms with van der Waals surface area (Å²) in [6.45, 7) is 7.66. The van der Waals surface area contributed by atoms with E-state index in [1.54, 1.807) is 18.5 Å². The highest BCUT2D eigenvalue weighted by atomic mass is 16.2. The van der Waals surface area contributed by atoms with Crippen molar-refractivity contribution in [2.24, 2.45) is 0 Å². The molecule has 2 aromatic rings. The molecule has 7 heteroatoms. The zero-order valence-electron chi connectivity index (χ0n) is 16.1. The second kappa shape index (κ2) is 9.66. The van der Waals surface area contributed by atoms with Gasteiger partial charge in [-0.05, 0) is 29.2 Å². The molecule has 0 atom stereocenters. The molecule has 0 radical (unpaired) electrons. The number of hydrogen-bond donors (Lipinski definition) is 3. The van der Waals surface area contributed by atoms with Gasteiger partial charge in [-0.3, -0.25) is 9.59 Å². The summed E-state index contributed by atoms with van der Waals surface area (Å²) in [6.07, 6.45) is 3.52. The van der Waals surface area contributed by atoms with Gasteiger partial charge in [-0.2, -0.15) is 0 Å². The topological polar surface area (TPSA) is 96.0 Å². The Morgan fingerprint density at radius 2 is 1.59 bits per heavy atom. The lowest BCUT2D eigenvalue weighted by molar-refractivity contribution is -0.120. The number of hydrogen-bond acceptors (Lipinski definition) is 5. The highest BCUT2D eigenvalue weighted by molar-refractivity contribution is 5.94. The fourth-order valence-electron chi connectivity index (χ4n) is 2.37. The first-order valence-electron chi connectivity index (χ1n) is 9.02. The highest BCUT2D eigenvalue weighted by Gasteiger charge is 2.14. The minimum Gasteiger partial charge on any atom is -0.354 e. The van der Waals surface area contributed by atoms with Crippen molar-refractivity contribution in [1.82, 2.24) is 20.6 Å². The fraction of sp³-hybridized carbons (Fsp3) is 0.400. The molecule has 0 aliphatic heterocycles. The van der Waals surface area contributed by atoms with Crippen molar-refractivity contribution in [3.63, 3.8) is 0 Å². The summed E-state index contributed by atoms with van der Waals surface area (Å²) in [7, 11) is 0. The lowest BCUT2D eigenvalue weighted by atomic mass is 9.87. The molecule has 0 spiro atoms. The van der Waals surface area contributed by atoms with E-state index in [9.17, 15) is 9.59 Å². The molecule has 2 amide bonds. The number of nitrogens with one attached hydrogen (secondary N) is 3. The molecule has 7 nitrogen and oxygen atoms in total. The number of amides is 2. The van der Waals surface area contributed by atoms with E-state index in [1.807, 2.05) is 24.3 Å². The van der Waals surface area contributed by atoms with Crippen LogP contribution in [-0.2, 0) is 10.2 Å². The maximum absolute atomic E-state index is 12.1. The van der Waals surface area contributed by atoms with Gasteiger partial charge in [-0.25, -0.2) is 9.97 Å². The summed E-state index contributed by atoms with van der Waals surface area (Å²) < 4.78 is 0. The highest BCUT2D eigenvalue weighted by Crippen LogP contribution is 2.22. The van der Waals surface area contributed by atoms with Crippen LogP contribution in [0.4, 0.5) is 5.95 Å². The van der Waals surface area contributed by atoms with Crippen molar-refractivity contribution in [3.05, 3.63) is 53.9 Å². The number of benzene rings is 1. The molecule has 0 saturated heterocycles. The van der Waals surface area contributed by atoms with Gasteiger partial charge in [0, 0.05) is 44.0 Å². The van der Waals surface area contributed by atoms with Gasteiger partial charge in [0.2, 0.25) is 11.9 Å². The molecule has 1 aromatic heterocycles. The van der Waals surface area contributed by atoms with Crippen LogP contribution in [0.3, 0.4) is 0 Å². The smallest absolute Gasteiger partial charge is 0.251 e. The average molecular weight is 369 g/mol. The molecule has 1 aromatic carbocycles. The number of aromatic nitrogens is 2. The van der Waals surface area contributed by atoms with Gasteiger partial charge in [0.25, 0.3) is 5.91 Å². The molecule has 0 unspecified atom stereocenters. The number of anilines is 1. The Labute approximate surface area is 160 Å². The van der Waals surface area contributed by atoms with E-state index in [4.69, 9.17) is 0 Å².